The van der Waals surface area contributed by atoms with E-state index in [2.05, 4.69) is 15.7 Å². The van der Waals surface area contributed by atoms with Crippen LogP contribution in [0.15, 0.2) is 29.4 Å². The molecule has 1 aliphatic heterocycles. The zero-order chi connectivity index (χ0) is 27.0. The van der Waals surface area contributed by atoms with Crippen molar-refractivity contribution in [3.8, 4) is 0 Å². The molecule has 1 aromatic carbocycles. The Balaban J connectivity index is 1.77. The van der Waals surface area contributed by atoms with Crippen LogP contribution in [0.5, 0.6) is 0 Å². The van der Waals surface area contributed by atoms with E-state index in [0.717, 1.165) is 36.9 Å². The van der Waals surface area contributed by atoms with Gasteiger partial charge in [0.1, 0.15) is 11.5 Å². The molecule has 0 spiro atoms. The molecular formula is C26H38FN5O4S. The normalized spacial score (nSPS) is 18.9. The molecule has 1 unspecified atom stereocenters. The second kappa shape index (κ2) is 13.2. The number of nitrogens with zero attached hydrogens (tertiary/aromatic N) is 3. The predicted octanol–water partition coefficient (Wildman–Crippen LogP) is 4.15. The van der Waals surface area contributed by atoms with Gasteiger partial charge in [0.25, 0.3) is 17.4 Å². The maximum absolute atomic E-state index is 13.7. The van der Waals surface area contributed by atoms with Gasteiger partial charge >= 0.3 is 6.03 Å². The second-order valence-corrected chi connectivity index (χ2v) is 11.3. The van der Waals surface area contributed by atoms with Crippen molar-refractivity contribution in [2.24, 2.45) is 11.0 Å². The third kappa shape index (κ3) is 8.43. The highest BCUT2D eigenvalue weighted by Gasteiger charge is 2.42. The maximum Gasteiger partial charge on any atom is 0.343 e. The van der Waals surface area contributed by atoms with Crippen molar-refractivity contribution in [2.75, 3.05) is 26.4 Å². The van der Waals surface area contributed by atoms with Gasteiger partial charge in [-0.15, -0.1) is 5.10 Å². The van der Waals surface area contributed by atoms with Crippen molar-refractivity contribution < 1.29 is 23.5 Å². The Kier molecular flexibility index (Phi) is 10.3. The number of carbonyl (C=O) groups excluding carboxylic acids is 3. The quantitative estimate of drug-likeness (QED) is 0.436. The van der Waals surface area contributed by atoms with Gasteiger partial charge in [-0.3, -0.25) is 9.59 Å². The molecule has 1 atom stereocenters. The predicted molar refractivity (Wildman–Crippen MR) is 142 cm³/mol. The van der Waals surface area contributed by atoms with E-state index in [1.54, 1.807) is 0 Å². The Labute approximate surface area is 222 Å². The van der Waals surface area contributed by atoms with E-state index >= 15 is 0 Å². The summed E-state index contributed by atoms with van der Waals surface area (Å²) in [5.41, 5.74) is -0.872. The lowest BCUT2D eigenvalue weighted by atomic mass is 9.88. The summed E-state index contributed by atoms with van der Waals surface area (Å²) >= 11 is 1.34. The van der Waals surface area contributed by atoms with Crippen molar-refractivity contribution in [1.82, 2.24) is 20.5 Å². The number of ketones is 1. The highest BCUT2D eigenvalue weighted by atomic mass is 32.2. The number of halogens is 1. The van der Waals surface area contributed by atoms with E-state index < -0.39 is 29.6 Å². The molecule has 1 aromatic rings. The lowest BCUT2D eigenvalue weighted by Crippen LogP contribution is -2.64. The molecule has 2 N–H and O–H groups in total. The summed E-state index contributed by atoms with van der Waals surface area (Å²) in [7, 11) is 3.91. The van der Waals surface area contributed by atoms with Gasteiger partial charge in [-0.2, -0.15) is 5.01 Å². The molecule has 0 saturated heterocycles. The number of Topliss-reactive ketones (excluding diaryl/α,β-unsaturated/α-hetero) is 1. The Morgan fingerprint density at radius 1 is 1.22 bits per heavy atom. The molecule has 1 heterocycles. The average Bonchev–Trinajstić information content (AvgIpc) is 3.27. The summed E-state index contributed by atoms with van der Waals surface area (Å²) in [6, 6.07) is 4.80. The number of hydrazone groups is 1. The van der Waals surface area contributed by atoms with Crippen LogP contribution in [-0.2, 0) is 9.53 Å². The van der Waals surface area contributed by atoms with E-state index in [1.807, 2.05) is 32.8 Å². The van der Waals surface area contributed by atoms with E-state index in [0.29, 0.717) is 30.9 Å². The SMILES string of the molecule is CC(C)CCC(=O)C1OC(SCCN(C)C)=NN1C(=O)NC1(NC(=O)c2cccc(F)c2)CCCCC1. The molecule has 37 heavy (non-hydrogen) atoms. The topological polar surface area (TPSA) is 103 Å². The van der Waals surface area contributed by atoms with E-state index in [-0.39, 0.29) is 23.0 Å². The number of rotatable bonds is 10. The average molecular weight is 536 g/mol. The number of amides is 3. The first-order chi connectivity index (χ1) is 17.6. The number of hydrogen-bond donors (Lipinski definition) is 2. The third-order valence-corrected chi connectivity index (χ3v) is 7.14. The summed E-state index contributed by atoms with van der Waals surface area (Å²) in [5.74, 6) is -0.211. The second-order valence-electron chi connectivity index (χ2n) is 10.3. The fourth-order valence-corrected chi connectivity index (χ4v) is 5.15. The number of nitrogens with one attached hydrogen (secondary N) is 2. The van der Waals surface area contributed by atoms with Crippen LogP contribution < -0.4 is 10.6 Å². The molecule has 0 aromatic heterocycles. The lowest BCUT2D eigenvalue weighted by Gasteiger charge is -2.39. The van der Waals surface area contributed by atoms with Gasteiger partial charge in [0.2, 0.25) is 0 Å². The maximum atomic E-state index is 13.7. The Bertz CT molecular complexity index is 997. The minimum Gasteiger partial charge on any atom is -0.438 e. The van der Waals surface area contributed by atoms with E-state index in [1.165, 1.54) is 30.0 Å². The highest BCUT2D eigenvalue weighted by Crippen LogP contribution is 2.28. The van der Waals surface area contributed by atoms with Gasteiger partial charge < -0.3 is 20.3 Å². The molecule has 0 radical (unpaired) electrons. The zero-order valence-electron chi connectivity index (χ0n) is 22.1. The van der Waals surface area contributed by atoms with Gasteiger partial charge in [-0.05, 0) is 70.3 Å². The Hall–Kier alpha value is -2.66. The fraction of sp³-hybridized carbons (Fsp3) is 0.615. The minimum absolute atomic E-state index is 0.169. The fourth-order valence-electron chi connectivity index (χ4n) is 4.21. The van der Waals surface area contributed by atoms with Crippen LogP contribution in [0.2, 0.25) is 0 Å². The summed E-state index contributed by atoms with van der Waals surface area (Å²) in [6.07, 6.45) is 3.37. The van der Waals surface area contributed by atoms with Crippen molar-refractivity contribution in [3.63, 3.8) is 0 Å². The van der Waals surface area contributed by atoms with Crippen molar-refractivity contribution in [1.29, 1.82) is 0 Å². The third-order valence-electron chi connectivity index (χ3n) is 6.33. The van der Waals surface area contributed by atoms with Crippen LogP contribution in [0.4, 0.5) is 9.18 Å². The smallest absolute Gasteiger partial charge is 0.343 e. The minimum atomic E-state index is -1.15. The van der Waals surface area contributed by atoms with Crippen LogP contribution in [0.3, 0.4) is 0 Å². The van der Waals surface area contributed by atoms with Crippen LogP contribution in [0, 0.1) is 11.7 Å². The van der Waals surface area contributed by atoms with Crippen LogP contribution in [0.25, 0.3) is 0 Å². The molecule has 1 fully saturated rings. The lowest BCUT2D eigenvalue weighted by molar-refractivity contribution is -0.131. The molecule has 0 bridgehead atoms. The van der Waals surface area contributed by atoms with Gasteiger partial charge in [0.05, 0.1) is 0 Å². The first-order valence-corrected chi connectivity index (χ1v) is 13.8. The summed E-state index contributed by atoms with van der Waals surface area (Å²) in [6.45, 7) is 4.83. The number of hydrogen-bond acceptors (Lipinski definition) is 7. The summed E-state index contributed by atoms with van der Waals surface area (Å²) in [4.78, 5) is 41.5. The van der Waals surface area contributed by atoms with Crippen LogP contribution in [-0.4, -0.2) is 71.1 Å². The number of benzene rings is 1. The molecule has 11 heteroatoms. The largest absolute Gasteiger partial charge is 0.438 e. The monoisotopic (exact) mass is 535 g/mol. The van der Waals surface area contributed by atoms with E-state index in [4.69, 9.17) is 4.74 Å². The van der Waals surface area contributed by atoms with Gasteiger partial charge in [0.15, 0.2) is 5.78 Å². The number of thioether (sulfide) groups is 1. The first-order valence-electron chi connectivity index (χ1n) is 12.8. The van der Waals surface area contributed by atoms with Crippen molar-refractivity contribution in [3.05, 3.63) is 35.6 Å². The molecule has 3 rings (SSSR count). The van der Waals surface area contributed by atoms with Gasteiger partial charge in [0, 0.05) is 24.3 Å². The first kappa shape index (κ1) is 28.9. The molecule has 1 aliphatic carbocycles. The molecule has 204 valence electrons. The van der Waals surface area contributed by atoms with Gasteiger partial charge in [-0.25, -0.2) is 9.18 Å². The van der Waals surface area contributed by atoms with Crippen molar-refractivity contribution in [2.45, 2.75) is 70.7 Å². The number of carbonyl (C=O) groups is 3. The summed E-state index contributed by atoms with van der Waals surface area (Å²) < 4.78 is 19.5. The summed E-state index contributed by atoms with van der Waals surface area (Å²) in [5, 5.41) is 11.5. The zero-order valence-corrected chi connectivity index (χ0v) is 22.9. The Morgan fingerprint density at radius 2 is 1.95 bits per heavy atom. The Morgan fingerprint density at radius 3 is 2.59 bits per heavy atom. The highest BCUT2D eigenvalue weighted by molar-refractivity contribution is 8.13. The molecular weight excluding hydrogens is 497 g/mol. The number of ether oxygens (including phenoxy) is 1. The van der Waals surface area contributed by atoms with E-state index in [9.17, 15) is 18.8 Å². The van der Waals surface area contributed by atoms with Crippen LogP contribution >= 0.6 is 11.8 Å². The van der Waals surface area contributed by atoms with Crippen molar-refractivity contribution >= 4 is 34.7 Å². The van der Waals surface area contributed by atoms with Gasteiger partial charge in [-0.1, -0.05) is 38.1 Å². The standard InChI is InChI=1S/C26H38FN5O4S/c1-18(2)11-12-21(33)23-32(30-25(36-23)37-16-15-31(3)4)24(35)29-26(13-6-5-7-14-26)28-22(34)19-9-8-10-20(27)17-19/h8-10,17-18,23H,5-7,11-16H2,1-4H3,(H,28,34)(H,29,35). The molecule has 2 aliphatic rings. The molecule has 1 saturated carbocycles. The number of urea groups is 1. The molecule has 9 nitrogen and oxygen atoms in total. The molecule has 3 amide bonds. The van der Waals surface area contributed by atoms with Crippen LogP contribution in [0.1, 0.15) is 69.2 Å².